The van der Waals surface area contributed by atoms with Gasteiger partial charge in [-0.2, -0.15) is 4.98 Å². The average molecular weight is 465 g/mol. The number of carbonyl (C=O) groups is 2. The van der Waals surface area contributed by atoms with Crippen LogP contribution in [0.5, 0.6) is 0 Å². The molecule has 9 heteroatoms. The standard InChI is InChI=1S/C25H24FN3O5/c1-3-18-20(34-22(31)17-12-8-5-9-13-17)25(2,26)23(33-18)29-15-14-19(28-24(29)32)27-21(30)16-10-6-4-7-11-16/h4-15,18,20,23H,3H2,1-2H3,(H,27,28,30,32)/t18-,20+,23?,25+/m1/s1. The molecule has 3 aromatic rings. The number of rotatable bonds is 6. The van der Waals surface area contributed by atoms with Crippen LogP contribution < -0.4 is 11.0 Å². The Hall–Kier alpha value is -3.85. The molecule has 1 N–H and O–H groups in total. The zero-order chi connectivity index (χ0) is 24.3. The highest BCUT2D eigenvalue weighted by molar-refractivity contribution is 6.03. The Balaban J connectivity index is 1.54. The minimum Gasteiger partial charge on any atom is -0.452 e. The number of esters is 1. The molecule has 4 atom stereocenters. The van der Waals surface area contributed by atoms with E-state index in [1.165, 1.54) is 19.2 Å². The molecular formula is C25H24FN3O5. The highest BCUT2D eigenvalue weighted by Gasteiger charge is 2.57. The molecule has 0 spiro atoms. The Bertz CT molecular complexity index is 1230. The van der Waals surface area contributed by atoms with Crippen molar-refractivity contribution in [2.24, 2.45) is 0 Å². The Morgan fingerprint density at radius 2 is 1.71 bits per heavy atom. The van der Waals surface area contributed by atoms with Gasteiger partial charge in [0.05, 0.1) is 5.56 Å². The summed E-state index contributed by atoms with van der Waals surface area (Å²) in [5, 5.41) is 2.54. The lowest BCUT2D eigenvalue weighted by molar-refractivity contribution is -0.0518. The number of nitrogens with zero attached hydrogens (tertiary/aromatic N) is 2. The van der Waals surface area contributed by atoms with Crippen LogP contribution in [0.2, 0.25) is 0 Å². The van der Waals surface area contributed by atoms with Gasteiger partial charge in [-0.25, -0.2) is 14.0 Å². The number of anilines is 1. The van der Waals surface area contributed by atoms with Crippen molar-refractivity contribution in [1.82, 2.24) is 9.55 Å². The van der Waals surface area contributed by atoms with Crippen LogP contribution in [0.15, 0.2) is 77.7 Å². The molecule has 0 radical (unpaired) electrons. The summed E-state index contributed by atoms with van der Waals surface area (Å²) in [4.78, 5) is 41.5. The lowest BCUT2D eigenvalue weighted by atomic mass is 9.96. The van der Waals surface area contributed by atoms with E-state index in [1.54, 1.807) is 67.6 Å². The van der Waals surface area contributed by atoms with Gasteiger partial charge >= 0.3 is 11.7 Å². The van der Waals surface area contributed by atoms with Crippen LogP contribution in [-0.2, 0) is 9.47 Å². The van der Waals surface area contributed by atoms with Gasteiger partial charge in [0.2, 0.25) is 0 Å². The third-order valence-corrected chi connectivity index (χ3v) is 5.69. The molecule has 1 amide bonds. The van der Waals surface area contributed by atoms with E-state index in [2.05, 4.69) is 10.3 Å². The van der Waals surface area contributed by atoms with E-state index in [-0.39, 0.29) is 11.4 Å². The number of alkyl halides is 1. The van der Waals surface area contributed by atoms with Crippen molar-refractivity contribution in [3.05, 3.63) is 94.5 Å². The molecule has 1 unspecified atom stereocenters. The van der Waals surface area contributed by atoms with Crippen molar-refractivity contribution in [3.63, 3.8) is 0 Å². The zero-order valence-corrected chi connectivity index (χ0v) is 18.7. The normalized spacial score (nSPS) is 23.9. The number of nitrogens with one attached hydrogen (secondary N) is 1. The lowest BCUT2D eigenvalue weighted by Gasteiger charge is -2.27. The topological polar surface area (TPSA) is 99.5 Å². The molecule has 2 heterocycles. The number of carbonyl (C=O) groups excluding carboxylic acids is 2. The van der Waals surface area contributed by atoms with Gasteiger partial charge in [0, 0.05) is 11.8 Å². The number of benzene rings is 2. The summed E-state index contributed by atoms with van der Waals surface area (Å²) in [5.41, 5.74) is -2.35. The molecule has 1 aromatic heterocycles. The molecule has 1 saturated heterocycles. The lowest BCUT2D eigenvalue weighted by Crippen LogP contribution is -2.44. The van der Waals surface area contributed by atoms with Crippen molar-refractivity contribution in [2.75, 3.05) is 5.32 Å². The molecular weight excluding hydrogens is 441 g/mol. The van der Waals surface area contributed by atoms with Gasteiger partial charge in [-0.3, -0.25) is 9.36 Å². The van der Waals surface area contributed by atoms with Crippen LogP contribution in [0.1, 0.15) is 47.2 Å². The van der Waals surface area contributed by atoms with E-state index < -0.39 is 41.7 Å². The smallest absolute Gasteiger partial charge is 0.351 e. The molecule has 34 heavy (non-hydrogen) atoms. The Kier molecular flexibility index (Phi) is 6.56. The van der Waals surface area contributed by atoms with Crippen molar-refractivity contribution in [2.45, 2.75) is 44.4 Å². The summed E-state index contributed by atoms with van der Waals surface area (Å²) in [6, 6.07) is 18.1. The summed E-state index contributed by atoms with van der Waals surface area (Å²) >= 11 is 0. The minimum absolute atomic E-state index is 0.0211. The first-order valence-electron chi connectivity index (χ1n) is 10.9. The number of hydrogen-bond donors (Lipinski definition) is 1. The van der Waals surface area contributed by atoms with Crippen LogP contribution in [0, 0.1) is 0 Å². The highest BCUT2D eigenvalue weighted by Crippen LogP contribution is 2.43. The third-order valence-electron chi connectivity index (χ3n) is 5.69. The van der Waals surface area contributed by atoms with Crippen molar-refractivity contribution >= 4 is 17.7 Å². The molecule has 0 saturated carbocycles. The van der Waals surface area contributed by atoms with Crippen LogP contribution in [0.4, 0.5) is 10.2 Å². The Morgan fingerprint density at radius 3 is 2.29 bits per heavy atom. The third kappa shape index (κ3) is 4.60. The van der Waals surface area contributed by atoms with Gasteiger partial charge < -0.3 is 14.8 Å². The molecule has 1 aliphatic rings. The van der Waals surface area contributed by atoms with Gasteiger partial charge in [-0.15, -0.1) is 0 Å². The van der Waals surface area contributed by atoms with E-state index in [9.17, 15) is 14.4 Å². The van der Waals surface area contributed by atoms with Crippen molar-refractivity contribution in [3.8, 4) is 0 Å². The fourth-order valence-electron chi connectivity index (χ4n) is 3.91. The molecule has 0 aliphatic carbocycles. The molecule has 2 aromatic carbocycles. The number of hydrogen-bond acceptors (Lipinski definition) is 6. The summed E-state index contributed by atoms with van der Waals surface area (Å²) in [6.45, 7) is 3.00. The Labute approximate surface area is 195 Å². The highest BCUT2D eigenvalue weighted by atomic mass is 19.1. The average Bonchev–Trinajstić information content (AvgIpc) is 3.09. The summed E-state index contributed by atoms with van der Waals surface area (Å²) in [6.07, 6.45) is -1.72. The first kappa shape index (κ1) is 23.3. The number of amides is 1. The van der Waals surface area contributed by atoms with E-state index in [1.807, 2.05) is 0 Å². The van der Waals surface area contributed by atoms with E-state index in [4.69, 9.17) is 9.47 Å². The minimum atomic E-state index is -2.22. The fraction of sp³-hybridized carbons (Fsp3) is 0.280. The molecule has 4 rings (SSSR count). The zero-order valence-electron chi connectivity index (χ0n) is 18.7. The molecule has 1 fully saturated rings. The molecule has 1 aliphatic heterocycles. The van der Waals surface area contributed by atoms with Crippen LogP contribution in [0.25, 0.3) is 0 Å². The van der Waals surface area contributed by atoms with E-state index in [0.29, 0.717) is 12.0 Å². The molecule has 8 nitrogen and oxygen atoms in total. The van der Waals surface area contributed by atoms with Gasteiger partial charge in [0.1, 0.15) is 11.9 Å². The molecule has 0 bridgehead atoms. The van der Waals surface area contributed by atoms with Gasteiger partial charge in [0.25, 0.3) is 5.91 Å². The SMILES string of the molecule is CC[C@H]1OC(n2ccc(NC(=O)c3ccccc3)nc2=O)[C@@](C)(F)[C@H]1OC(=O)c1ccccc1. The monoisotopic (exact) mass is 465 g/mol. The first-order chi connectivity index (χ1) is 16.3. The summed E-state index contributed by atoms with van der Waals surface area (Å²) < 4.78 is 28.3. The Morgan fingerprint density at radius 1 is 1.09 bits per heavy atom. The summed E-state index contributed by atoms with van der Waals surface area (Å²) in [7, 11) is 0. The predicted octanol–water partition coefficient (Wildman–Crippen LogP) is 3.76. The van der Waals surface area contributed by atoms with Gasteiger partial charge in [-0.05, 0) is 43.7 Å². The largest absolute Gasteiger partial charge is 0.452 e. The number of halogens is 1. The maximum atomic E-state index is 16.0. The fourth-order valence-corrected chi connectivity index (χ4v) is 3.91. The second-order valence-electron chi connectivity index (χ2n) is 8.10. The van der Waals surface area contributed by atoms with Crippen molar-refractivity contribution < 1.29 is 23.5 Å². The quantitative estimate of drug-likeness (QED) is 0.557. The summed E-state index contributed by atoms with van der Waals surface area (Å²) in [5.74, 6) is -1.09. The van der Waals surface area contributed by atoms with Crippen LogP contribution in [-0.4, -0.2) is 39.3 Å². The maximum absolute atomic E-state index is 16.0. The van der Waals surface area contributed by atoms with Gasteiger partial charge in [0.15, 0.2) is 18.0 Å². The second kappa shape index (κ2) is 9.56. The second-order valence-corrected chi connectivity index (χ2v) is 8.10. The number of aromatic nitrogens is 2. The van der Waals surface area contributed by atoms with Gasteiger partial charge in [-0.1, -0.05) is 43.3 Å². The maximum Gasteiger partial charge on any atom is 0.351 e. The van der Waals surface area contributed by atoms with Crippen LogP contribution in [0.3, 0.4) is 0 Å². The van der Waals surface area contributed by atoms with E-state index >= 15 is 4.39 Å². The van der Waals surface area contributed by atoms with Crippen LogP contribution >= 0.6 is 0 Å². The number of ether oxygens (including phenoxy) is 2. The molecule has 176 valence electrons. The van der Waals surface area contributed by atoms with Crippen molar-refractivity contribution in [1.29, 1.82) is 0 Å². The first-order valence-corrected chi connectivity index (χ1v) is 10.9. The predicted molar refractivity (Wildman–Crippen MR) is 122 cm³/mol. The van der Waals surface area contributed by atoms with E-state index in [0.717, 1.165) is 4.57 Å².